The van der Waals surface area contributed by atoms with Crippen LogP contribution in [-0.4, -0.2) is 36.4 Å². The van der Waals surface area contributed by atoms with E-state index in [1.165, 1.54) is 13.2 Å². The minimum absolute atomic E-state index is 0.111. The van der Waals surface area contributed by atoms with E-state index in [2.05, 4.69) is 4.98 Å². The van der Waals surface area contributed by atoms with Crippen LogP contribution < -0.4 is 14.2 Å². The molecule has 0 fully saturated rings. The predicted octanol–water partition coefficient (Wildman–Crippen LogP) is 4.60. The second-order valence-corrected chi connectivity index (χ2v) is 6.57. The SMILES string of the molecule is CCc1nc2c(F)ccc(OCC(=O)O)c2c(OC(F)F)c1Cc1ccc(OC)cc1. The molecule has 1 N–H and O–H groups in total. The van der Waals surface area contributed by atoms with Gasteiger partial charge in [-0.05, 0) is 36.2 Å². The highest BCUT2D eigenvalue weighted by Gasteiger charge is 2.24. The monoisotopic (exact) mass is 435 g/mol. The highest BCUT2D eigenvalue weighted by atomic mass is 19.3. The van der Waals surface area contributed by atoms with Gasteiger partial charge in [0.15, 0.2) is 6.61 Å². The summed E-state index contributed by atoms with van der Waals surface area (Å²) in [5.74, 6) is -1.80. The number of aliphatic carboxylic acids is 1. The minimum atomic E-state index is -3.19. The molecule has 164 valence electrons. The highest BCUT2D eigenvalue weighted by molar-refractivity contribution is 5.93. The fourth-order valence-electron chi connectivity index (χ4n) is 3.26. The number of pyridine rings is 1. The summed E-state index contributed by atoms with van der Waals surface area (Å²) in [5, 5.41) is 8.78. The summed E-state index contributed by atoms with van der Waals surface area (Å²) in [6, 6.07) is 9.20. The number of carboxylic acids is 1. The molecule has 0 saturated carbocycles. The number of benzene rings is 2. The van der Waals surface area contributed by atoms with E-state index in [9.17, 15) is 18.0 Å². The fraction of sp³-hybridized carbons (Fsp3) is 0.273. The summed E-state index contributed by atoms with van der Waals surface area (Å²) in [7, 11) is 1.53. The Morgan fingerprint density at radius 3 is 2.45 bits per heavy atom. The number of carboxylic acid groups (broad SMARTS) is 1. The molecule has 2 aromatic carbocycles. The Bertz CT molecular complexity index is 1090. The van der Waals surface area contributed by atoms with Crippen molar-refractivity contribution in [1.29, 1.82) is 0 Å². The zero-order valence-corrected chi connectivity index (χ0v) is 16.8. The first-order valence-electron chi connectivity index (χ1n) is 9.40. The number of carbonyl (C=O) groups is 1. The van der Waals surface area contributed by atoms with Gasteiger partial charge in [0.2, 0.25) is 0 Å². The molecule has 0 atom stereocenters. The molecule has 0 radical (unpaired) electrons. The Labute approximate surface area is 176 Å². The van der Waals surface area contributed by atoms with Crippen molar-refractivity contribution in [1.82, 2.24) is 4.98 Å². The van der Waals surface area contributed by atoms with Gasteiger partial charge < -0.3 is 19.3 Å². The molecule has 3 rings (SSSR count). The number of hydrogen-bond acceptors (Lipinski definition) is 5. The maximum atomic E-state index is 14.5. The van der Waals surface area contributed by atoms with Crippen LogP contribution in [-0.2, 0) is 17.6 Å². The third-order valence-corrected chi connectivity index (χ3v) is 4.62. The summed E-state index contributed by atoms with van der Waals surface area (Å²) in [6.07, 6.45) is 0.508. The van der Waals surface area contributed by atoms with Gasteiger partial charge in [-0.3, -0.25) is 0 Å². The normalized spacial score (nSPS) is 11.0. The summed E-state index contributed by atoms with van der Waals surface area (Å²) in [6.45, 7) is -2.17. The lowest BCUT2D eigenvalue weighted by Crippen LogP contribution is -2.13. The van der Waals surface area contributed by atoms with E-state index >= 15 is 0 Å². The van der Waals surface area contributed by atoms with Gasteiger partial charge in [-0.25, -0.2) is 14.2 Å². The van der Waals surface area contributed by atoms with Crippen LogP contribution in [0.5, 0.6) is 17.2 Å². The van der Waals surface area contributed by atoms with Crippen molar-refractivity contribution in [3.63, 3.8) is 0 Å². The molecule has 0 aliphatic carbocycles. The van der Waals surface area contributed by atoms with Crippen LogP contribution in [0.1, 0.15) is 23.7 Å². The number of hydrogen-bond donors (Lipinski definition) is 1. The number of halogens is 3. The van der Waals surface area contributed by atoms with Crippen molar-refractivity contribution in [3.05, 3.63) is 59.0 Å². The van der Waals surface area contributed by atoms with E-state index in [0.717, 1.165) is 11.6 Å². The number of alkyl halides is 2. The van der Waals surface area contributed by atoms with Crippen LogP contribution in [0.15, 0.2) is 36.4 Å². The summed E-state index contributed by atoms with van der Waals surface area (Å²) in [5.41, 5.74) is 1.26. The van der Waals surface area contributed by atoms with Gasteiger partial charge in [0.1, 0.15) is 28.6 Å². The molecular weight excluding hydrogens is 415 g/mol. The van der Waals surface area contributed by atoms with E-state index in [4.69, 9.17) is 19.3 Å². The molecule has 0 bridgehead atoms. The van der Waals surface area contributed by atoms with Crippen LogP contribution in [0.25, 0.3) is 10.9 Å². The Morgan fingerprint density at radius 2 is 1.87 bits per heavy atom. The van der Waals surface area contributed by atoms with Gasteiger partial charge in [0, 0.05) is 17.7 Å². The maximum absolute atomic E-state index is 14.5. The van der Waals surface area contributed by atoms with Crippen molar-refractivity contribution >= 4 is 16.9 Å². The number of aryl methyl sites for hydroxylation is 1. The van der Waals surface area contributed by atoms with Crippen molar-refractivity contribution in [3.8, 4) is 17.2 Å². The highest BCUT2D eigenvalue weighted by Crippen LogP contribution is 2.40. The molecular formula is C22H20F3NO5. The molecule has 0 unspecified atom stereocenters. The van der Waals surface area contributed by atoms with Crippen LogP contribution in [0, 0.1) is 5.82 Å². The van der Waals surface area contributed by atoms with Crippen LogP contribution >= 0.6 is 0 Å². The van der Waals surface area contributed by atoms with E-state index in [0.29, 0.717) is 23.4 Å². The Kier molecular flexibility index (Phi) is 6.84. The molecule has 9 heteroatoms. The third-order valence-electron chi connectivity index (χ3n) is 4.62. The number of fused-ring (bicyclic) bond motifs is 1. The van der Waals surface area contributed by atoms with Crippen molar-refractivity contribution in [2.75, 3.05) is 13.7 Å². The second kappa shape index (κ2) is 9.55. The number of rotatable bonds is 9. The van der Waals surface area contributed by atoms with Crippen molar-refractivity contribution in [2.45, 2.75) is 26.4 Å². The van der Waals surface area contributed by atoms with E-state index < -0.39 is 25.0 Å². The lowest BCUT2D eigenvalue weighted by molar-refractivity contribution is -0.139. The Balaban J connectivity index is 2.24. The van der Waals surface area contributed by atoms with Gasteiger partial charge >= 0.3 is 12.6 Å². The van der Waals surface area contributed by atoms with Crippen molar-refractivity contribution in [2.24, 2.45) is 0 Å². The van der Waals surface area contributed by atoms with Gasteiger partial charge in [-0.1, -0.05) is 19.1 Å². The zero-order valence-electron chi connectivity index (χ0n) is 16.8. The number of nitrogens with zero attached hydrogens (tertiary/aromatic N) is 1. The quantitative estimate of drug-likeness (QED) is 0.529. The molecule has 31 heavy (non-hydrogen) atoms. The topological polar surface area (TPSA) is 77.9 Å². The zero-order chi connectivity index (χ0) is 22.5. The molecule has 0 spiro atoms. The van der Waals surface area contributed by atoms with E-state index in [1.807, 2.05) is 0 Å². The predicted molar refractivity (Wildman–Crippen MR) is 107 cm³/mol. The number of ether oxygens (including phenoxy) is 3. The molecule has 0 aliphatic rings. The average Bonchev–Trinajstić information content (AvgIpc) is 2.74. The molecule has 0 amide bonds. The first-order valence-corrected chi connectivity index (χ1v) is 9.40. The number of aromatic nitrogens is 1. The van der Waals surface area contributed by atoms with Gasteiger partial charge in [0.25, 0.3) is 0 Å². The molecule has 0 aliphatic heterocycles. The first kappa shape index (κ1) is 22.2. The molecule has 6 nitrogen and oxygen atoms in total. The fourth-order valence-corrected chi connectivity index (χ4v) is 3.26. The third kappa shape index (κ3) is 4.99. The van der Waals surface area contributed by atoms with Gasteiger partial charge in [-0.15, -0.1) is 0 Å². The molecule has 0 saturated heterocycles. The largest absolute Gasteiger partial charge is 0.497 e. The van der Waals surface area contributed by atoms with Gasteiger partial charge in [0.05, 0.1) is 12.5 Å². The van der Waals surface area contributed by atoms with E-state index in [1.54, 1.807) is 31.2 Å². The van der Waals surface area contributed by atoms with Crippen molar-refractivity contribution < 1.29 is 37.3 Å². The van der Waals surface area contributed by atoms with Gasteiger partial charge in [-0.2, -0.15) is 8.78 Å². The average molecular weight is 435 g/mol. The number of methoxy groups -OCH3 is 1. The summed E-state index contributed by atoms with van der Waals surface area (Å²) < 4.78 is 56.4. The summed E-state index contributed by atoms with van der Waals surface area (Å²) in [4.78, 5) is 15.2. The smallest absolute Gasteiger partial charge is 0.387 e. The Hall–Kier alpha value is -3.49. The summed E-state index contributed by atoms with van der Waals surface area (Å²) >= 11 is 0. The van der Waals surface area contributed by atoms with E-state index in [-0.39, 0.29) is 28.8 Å². The minimum Gasteiger partial charge on any atom is -0.497 e. The standard InChI is InChI=1S/C22H20F3NO5/c1-3-16-14(10-12-4-6-13(29-2)7-5-12)21(31-22(24)25)19-17(30-11-18(27)28)9-8-15(23)20(19)26-16/h4-9,22H,3,10-11H2,1-2H3,(H,27,28). The lowest BCUT2D eigenvalue weighted by atomic mass is 9.98. The molecule has 1 aromatic heterocycles. The molecule has 3 aromatic rings. The lowest BCUT2D eigenvalue weighted by Gasteiger charge is -2.19. The van der Waals surface area contributed by atoms with Crippen LogP contribution in [0.2, 0.25) is 0 Å². The molecule has 1 heterocycles. The van der Waals surface area contributed by atoms with Crippen LogP contribution in [0.4, 0.5) is 13.2 Å². The maximum Gasteiger partial charge on any atom is 0.387 e. The Morgan fingerprint density at radius 1 is 1.16 bits per heavy atom. The van der Waals surface area contributed by atoms with Crippen LogP contribution in [0.3, 0.4) is 0 Å². The first-order chi connectivity index (χ1) is 14.8. The second-order valence-electron chi connectivity index (χ2n) is 6.57.